The Hall–Kier alpha value is -1.22. The van der Waals surface area contributed by atoms with Crippen molar-refractivity contribution in [1.82, 2.24) is 4.90 Å². The van der Waals surface area contributed by atoms with Crippen LogP contribution in [-0.4, -0.2) is 44.2 Å². The van der Waals surface area contributed by atoms with Gasteiger partial charge in [0, 0.05) is 19.6 Å². The van der Waals surface area contributed by atoms with E-state index >= 15 is 0 Å². The summed E-state index contributed by atoms with van der Waals surface area (Å²) < 4.78 is 6.07. The van der Waals surface area contributed by atoms with Gasteiger partial charge in [-0.15, -0.1) is 0 Å². The fourth-order valence-electron chi connectivity index (χ4n) is 3.27. The molecule has 0 spiro atoms. The summed E-state index contributed by atoms with van der Waals surface area (Å²) in [6.45, 7) is 6.71. The molecule has 1 aromatic carbocycles. The quantitative estimate of drug-likeness (QED) is 0.820. The predicted molar refractivity (Wildman–Crippen MR) is 83.7 cm³/mol. The van der Waals surface area contributed by atoms with Gasteiger partial charge in [0.25, 0.3) is 0 Å². The van der Waals surface area contributed by atoms with Crippen molar-refractivity contribution in [3.8, 4) is 5.75 Å². The molecule has 2 aliphatic heterocycles. The van der Waals surface area contributed by atoms with Crippen LogP contribution >= 0.6 is 0 Å². The number of rotatable bonds is 5. The molecule has 20 heavy (non-hydrogen) atoms. The minimum atomic E-state index is 0.810. The molecular weight excluding hydrogens is 248 g/mol. The van der Waals surface area contributed by atoms with Crippen LogP contribution in [0.5, 0.6) is 5.75 Å². The van der Waals surface area contributed by atoms with Crippen molar-refractivity contribution in [3.63, 3.8) is 0 Å². The summed E-state index contributed by atoms with van der Waals surface area (Å²) in [5.74, 6) is 1.06. The molecule has 0 saturated carbocycles. The van der Waals surface area contributed by atoms with Gasteiger partial charge >= 0.3 is 0 Å². The van der Waals surface area contributed by atoms with Gasteiger partial charge < -0.3 is 9.64 Å². The molecule has 0 amide bonds. The van der Waals surface area contributed by atoms with E-state index in [1.54, 1.807) is 0 Å². The first-order valence-electron chi connectivity index (χ1n) is 8.12. The molecule has 3 rings (SSSR count). The first-order chi connectivity index (χ1) is 9.93. The highest BCUT2D eigenvalue weighted by Gasteiger charge is 2.16. The van der Waals surface area contributed by atoms with Gasteiger partial charge in [0.05, 0.1) is 5.69 Å². The largest absolute Gasteiger partial charge is 0.490 e. The number of benzene rings is 1. The Morgan fingerprint density at radius 1 is 0.850 bits per heavy atom. The van der Waals surface area contributed by atoms with E-state index in [9.17, 15) is 0 Å². The molecule has 0 bridgehead atoms. The molecule has 0 unspecified atom stereocenters. The van der Waals surface area contributed by atoms with Crippen LogP contribution in [0.15, 0.2) is 24.3 Å². The van der Waals surface area contributed by atoms with E-state index in [0.717, 1.165) is 18.9 Å². The molecule has 2 aliphatic rings. The third-order valence-corrected chi connectivity index (χ3v) is 4.43. The van der Waals surface area contributed by atoms with Gasteiger partial charge in [0.15, 0.2) is 0 Å². The lowest BCUT2D eigenvalue weighted by Crippen LogP contribution is -2.33. The minimum absolute atomic E-state index is 0.810. The zero-order valence-electron chi connectivity index (χ0n) is 12.4. The van der Waals surface area contributed by atoms with E-state index in [4.69, 9.17) is 4.74 Å². The molecule has 0 radical (unpaired) electrons. The van der Waals surface area contributed by atoms with Crippen molar-refractivity contribution in [2.45, 2.75) is 32.1 Å². The Morgan fingerprint density at radius 3 is 2.35 bits per heavy atom. The summed E-state index contributed by atoms with van der Waals surface area (Å²) in [6.07, 6.45) is 6.72. The molecular formula is C17H26N2O. The maximum atomic E-state index is 6.07. The Balaban J connectivity index is 1.53. The highest BCUT2D eigenvalue weighted by molar-refractivity contribution is 5.58. The molecule has 3 nitrogen and oxygen atoms in total. The maximum absolute atomic E-state index is 6.07. The van der Waals surface area contributed by atoms with Gasteiger partial charge in [-0.1, -0.05) is 18.6 Å². The first-order valence-corrected chi connectivity index (χ1v) is 8.12. The SMILES string of the molecule is c1ccc(N2CCCC2)c(OCCN2CCCCC2)c1. The van der Waals surface area contributed by atoms with Crippen LogP contribution in [0, 0.1) is 0 Å². The number of anilines is 1. The highest BCUT2D eigenvalue weighted by atomic mass is 16.5. The second-order valence-corrected chi connectivity index (χ2v) is 5.91. The second kappa shape index (κ2) is 6.98. The lowest BCUT2D eigenvalue weighted by molar-refractivity contribution is 0.183. The lowest BCUT2D eigenvalue weighted by atomic mass is 10.1. The van der Waals surface area contributed by atoms with Crippen LogP contribution < -0.4 is 9.64 Å². The van der Waals surface area contributed by atoms with Gasteiger partial charge in [0.1, 0.15) is 12.4 Å². The summed E-state index contributed by atoms with van der Waals surface area (Å²) in [4.78, 5) is 4.98. The van der Waals surface area contributed by atoms with E-state index in [0.29, 0.717) is 0 Å². The van der Waals surface area contributed by atoms with Crippen LogP contribution in [0.2, 0.25) is 0 Å². The zero-order chi connectivity index (χ0) is 13.6. The lowest BCUT2D eigenvalue weighted by Gasteiger charge is -2.27. The predicted octanol–water partition coefficient (Wildman–Crippen LogP) is 3.15. The third-order valence-electron chi connectivity index (χ3n) is 4.43. The fourth-order valence-corrected chi connectivity index (χ4v) is 3.27. The second-order valence-electron chi connectivity index (χ2n) is 5.91. The smallest absolute Gasteiger partial charge is 0.142 e. The molecule has 2 heterocycles. The number of para-hydroxylation sites is 2. The standard InChI is InChI=1S/C17H26N2O/c1-4-10-18(11-5-1)14-15-20-17-9-3-2-8-16(17)19-12-6-7-13-19/h2-3,8-9H,1,4-7,10-15H2. The van der Waals surface area contributed by atoms with Gasteiger partial charge in [-0.25, -0.2) is 0 Å². The zero-order valence-corrected chi connectivity index (χ0v) is 12.4. The first kappa shape index (κ1) is 13.7. The summed E-state index contributed by atoms with van der Waals surface area (Å²) in [7, 11) is 0. The average Bonchev–Trinajstić information content (AvgIpc) is 3.03. The van der Waals surface area contributed by atoms with E-state index < -0.39 is 0 Å². The highest BCUT2D eigenvalue weighted by Crippen LogP contribution is 2.30. The molecule has 0 N–H and O–H groups in total. The molecule has 110 valence electrons. The van der Waals surface area contributed by atoms with Crippen molar-refractivity contribution in [3.05, 3.63) is 24.3 Å². The topological polar surface area (TPSA) is 15.7 Å². The Labute approximate surface area is 122 Å². The summed E-state index contributed by atoms with van der Waals surface area (Å²) in [6, 6.07) is 8.51. The Bertz CT molecular complexity index is 409. The van der Waals surface area contributed by atoms with Crippen LogP contribution in [-0.2, 0) is 0 Å². The molecule has 0 atom stereocenters. The number of likely N-dealkylation sites (tertiary alicyclic amines) is 1. The Morgan fingerprint density at radius 2 is 1.55 bits per heavy atom. The molecule has 2 fully saturated rings. The molecule has 0 aliphatic carbocycles. The van der Waals surface area contributed by atoms with Crippen molar-refractivity contribution in [1.29, 1.82) is 0 Å². The third kappa shape index (κ3) is 3.45. The van der Waals surface area contributed by atoms with Crippen molar-refractivity contribution in [2.24, 2.45) is 0 Å². The molecule has 1 aromatic rings. The maximum Gasteiger partial charge on any atom is 0.142 e. The monoisotopic (exact) mass is 274 g/mol. The summed E-state index contributed by atoms with van der Waals surface area (Å²) in [5.41, 5.74) is 1.28. The molecule has 3 heteroatoms. The number of nitrogens with zero attached hydrogens (tertiary/aromatic N) is 2. The fraction of sp³-hybridized carbons (Fsp3) is 0.647. The van der Waals surface area contributed by atoms with Crippen molar-refractivity contribution < 1.29 is 4.74 Å². The summed E-state index contributed by atoms with van der Waals surface area (Å²) >= 11 is 0. The number of hydrogen-bond acceptors (Lipinski definition) is 3. The number of ether oxygens (including phenoxy) is 1. The van der Waals surface area contributed by atoms with Gasteiger partial charge in [-0.05, 0) is 50.9 Å². The normalized spacial score (nSPS) is 20.3. The van der Waals surface area contributed by atoms with E-state index in [1.165, 1.54) is 64.0 Å². The molecule has 0 aromatic heterocycles. The van der Waals surface area contributed by atoms with Gasteiger partial charge in [0.2, 0.25) is 0 Å². The number of hydrogen-bond donors (Lipinski definition) is 0. The van der Waals surface area contributed by atoms with Crippen LogP contribution in [0.25, 0.3) is 0 Å². The van der Waals surface area contributed by atoms with Crippen LogP contribution in [0.4, 0.5) is 5.69 Å². The summed E-state index contributed by atoms with van der Waals surface area (Å²) in [5, 5.41) is 0. The van der Waals surface area contributed by atoms with Gasteiger partial charge in [-0.2, -0.15) is 0 Å². The van der Waals surface area contributed by atoms with Crippen LogP contribution in [0.3, 0.4) is 0 Å². The number of piperidine rings is 1. The van der Waals surface area contributed by atoms with Crippen molar-refractivity contribution in [2.75, 3.05) is 44.2 Å². The average molecular weight is 274 g/mol. The minimum Gasteiger partial charge on any atom is -0.490 e. The van der Waals surface area contributed by atoms with E-state index in [1.807, 2.05) is 0 Å². The van der Waals surface area contributed by atoms with E-state index in [2.05, 4.69) is 34.1 Å². The van der Waals surface area contributed by atoms with Crippen LogP contribution in [0.1, 0.15) is 32.1 Å². The van der Waals surface area contributed by atoms with E-state index in [-0.39, 0.29) is 0 Å². The molecule has 2 saturated heterocycles. The van der Waals surface area contributed by atoms with Crippen molar-refractivity contribution >= 4 is 5.69 Å². The Kier molecular flexibility index (Phi) is 4.80. The van der Waals surface area contributed by atoms with Gasteiger partial charge in [-0.3, -0.25) is 4.90 Å².